The lowest BCUT2D eigenvalue weighted by Gasteiger charge is -2.05. The number of carbonyl (C=O) groups is 2. The summed E-state index contributed by atoms with van der Waals surface area (Å²) in [4.78, 5) is 24.2. The molecule has 1 amide bonds. The topological polar surface area (TPSA) is 107 Å². The predicted octanol–water partition coefficient (Wildman–Crippen LogP) is 2.74. The minimum absolute atomic E-state index is 0.185. The lowest BCUT2D eigenvalue weighted by atomic mass is 10.1. The maximum Gasteiger partial charge on any atom is 0.344 e. The summed E-state index contributed by atoms with van der Waals surface area (Å²) >= 11 is 0. The van der Waals surface area contributed by atoms with E-state index in [9.17, 15) is 9.59 Å². The van der Waals surface area contributed by atoms with Crippen LogP contribution < -0.4 is 5.32 Å². The third-order valence-electron chi connectivity index (χ3n) is 3.34. The molecule has 1 aromatic carbocycles. The third-order valence-corrected chi connectivity index (χ3v) is 3.34. The fraction of sp³-hybridized carbons (Fsp3) is 0.176. The molecule has 3 aromatic rings. The van der Waals surface area contributed by atoms with Crippen LogP contribution in [-0.2, 0) is 9.53 Å². The smallest absolute Gasteiger partial charge is 0.344 e. The molecule has 0 spiro atoms. The molecular formula is C17H15N3O5. The van der Waals surface area contributed by atoms with Crippen LogP contribution in [0, 0.1) is 13.8 Å². The molecule has 2 heterocycles. The Hall–Kier alpha value is -3.42. The van der Waals surface area contributed by atoms with Gasteiger partial charge >= 0.3 is 5.97 Å². The zero-order valence-electron chi connectivity index (χ0n) is 13.6. The van der Waals surface area contributed by atoms with E-state index in [1.165, 1.54) is 0 Å². The van der Waals surface area contributed by atoms with Crippen molar-refractivity contribution in [3.05, 3.63) is 53.4 Å². The Morgan fingerprint density at radius 1 is 1.12 bits per heavy atom. The van der Waals surface area contributed by atoms with Crippen molar-refractivity contribution in [3.63, 3.8) is 0 Å². The highest BCUT2D eigenvalue weighted by Crippen LogP contribution is 2.25. The second kappa shape index (κ2) is 7.00. The van der Waals surface area contributed by atoms with E-state index in [0.717, 1.165) is 0 Å². The number of aromatic nitrogens is 2. The second-order valence-corrected chi connectivity index (χ2v) is 5.29. The average molecular weight is 341 g/mol. The van der Waals surface area contributed by atoms with Gasteiger partial charge in [-0.3, -0.25) is 10.1 Å². The Balaban J connectivity index is 1.68. The highest BCUT2D eigenvalue weighted by atomic mass is 16.5. The number of anilines is 1. The summed E-state index contributed by atoms with van der Waals surface area (Å²) in [7, 11) is 0. The molecule has 0 unspecified atom stereocenters. The molecule has 0 saturated heterocycles. The number of amides is 1. The quantitative estimate of drug-likeness (QED) is 0.711. The highest BCUT2D eigenvalue weighted by Gasteiger charge is 2.23. The van der Waals surface area contributed by atoms with Crippen LogP contribution in [0.5, 0.6) is 0 Å². The van der Waals surface area contributed by atoms with Crippen LogP contribution in [0.1, 0.15) is 21.8 Å². The van der Waals surface area contributed by atoms with Gasteiger partial charge in [-0.05, 0) is 13.8 Å². The number of benzene rings is 1. The largest absolute Gasteiger partial charge is 0.452 e. The number of carbonyl (C=O) groups excluding carboxylic acids is 2. The van der Waals surface area contributed by atoms with Crippen molar-refractivity contribution in [1.29, 1.82) is 0 Å². The van der Waals surface area contributed by atoms with E-state index in [0.29, 0.717) is 22.7 Å². The first-order valence-corrected chi connectivity index (χ1v) is 7.46. The Bertz CT molecular complexity index is 898. The molecule has 25 heavy (non-hydrogen) atoms. The first-order valence-electron chi connectivity index (χ1n) is 7.46. The van der Waals surface area contributed by atoms with E-state index in [1.54, 1.807) is 32.0 Å². The number of nitrogens with one attached hydrogen (secondary N) is 1. The van der Waals surface area contributed by atoms with Gasteiger partial charge in [-0.1, -0.05) is 40.6 Å². The summed E-state index contributed by atoms with van der Waals surface area (Å²) < 4.78 is 15.0. The summed E-state index contributed by atoms with van der Waals surface area (Å²) in [5.74, 6) is -0.735. The molecule has 0 bridgehead atoms. The van der Waals surface area contributed by atoms with E-state index < -0.39 is 18.5 Å². The first-order chi connectivity index (χ1) is 12.0. The molecule has 8 nitrogen and oxygen atoms in total. The van der Waals surface area contributed by atoms with E-state index in [2.05, 4.69) is 15.6 Å². The van der Waals surface area contributed by atoms with Crippen molar-refractivity contribution in [2.45, 2.75) is 13.8 Å². The number of ether oxygens (including phenoxy) is 1. The highest BCUT2D eigenvalue weighted by molar-refractivity contribution is 5.99. The number of hydrogen-bond donors (Lipinski definition) is 1. The van der Waals surface area contributed by atoms with Gasteiger partial charge in [-0.15, -0.1) is 0 Å². The van der Waals surface area contributed by atoms with Gasteiger partial charge in [0.05, 0.1) is 5.69 Å². The fourth-order valence-electron chi connectivity index (χ4n) is 2.20. The molecule has 0 fully saturated rings. The van der Waals surface area contributed by atoms with Gasteiger partial charge in [0.1, 0.15) is 17.0 Å². The molecular weight excluding hydrogens is 326 g/mol. The summed E-state index contributed by atoms with van der Waals surface area (Å²) in [6.45, 7) is 2.85. The molecule has 0 saturated carbocycles. The van der Waals surface area contributed by atoms with Crippen LogP contribution in [0.25, 0.3) is 11.3 Å². The van der Waals surface area contributed by atoms with Crippen LogP contribution in [0.4, 0.5) is 5.88 Å². The minimum Gasteiger partial charge on any atom is -0.452 e. The van der Waals surface area contributed by atoms with Gasteiger partial charge in [-0.2, -0.15) is 0 Å². The van der Waals surface area contributed by atoms with Crippen molar-refractivity contribution in [3.8, 4) is 11.3 Å². The maximum atomic E-state index is 12.3. The standard InChI is InChI=1S/C17H15N3O5/c1-10-8-14(25-19-10)18-13(21)9-23-17(22)15-11(2)24-20-16(15)12-6-4-3-5-7-12/h3-8H,9H2,1-2H3,(H,18,21). The lowest BCUT2D eigenvalue weighted by molar-refractivity contribution is -0.119. The molecule has 0 aliphatic rings. The third kappa shape index (κ3) is 3.74. The molecule has 0 radical (unpaired) electrons. The first kappa shape index (κ1) is 16.4. The molecule has 0 aliphatic heterocycles. The molecule has 0 aliphatic carbocycles. The number of esters is 1. The van der Waals surface area contributed by atoms with Crippen LogP contribution in [0.3, 0.4) is 0 Å². The van der Waals surface area contributed by atoms with Crippen LogP contribution in [-0.4, -0.2) is 28.8 Å². The SMILES string of the molecule is Cc1cc(NC(=O)COC(=O)c2c(-c3ccccc3)noc2C)on1. The predicted molar refractivity (Wildman–Crippen MR) is 86.8 cm³/mol. The number of aryl methyl sites for hydroxylation is 2. The van der Waals surface area contributed by atoms with Crippen molar-refractivity contribution >= 4 is 17.8 Å². The van der Waals surface area contributed by atoms with E-state index >= 15 is 0 Å². The number of rotatable bonds is 5. The van der Waals surface area contributed by atoms with E-state index in [4.69, 9.17) is 13.8 Å². The molecule has 2 aromatic heterocycles. The molecule has 3 rings (SSSR count). The van der Waals surface area contributed by atoms with Crippen molar-refractivity contribution in [1.82, 2.24) is 10.3 Å². The maximum absolute atomic E-state index is 12.3. The second-order valence-electron chi connectivity index (χ2n) is 5.29. The summed E-state index contributed by atoms with van der Waals surface area (Å²) in [5.41, 5.74) is 1.90. The van der Waals surface area contributed by atoms with Gasteiger partial charge in [0.15, 0.2) is 6.61 Å². The normalized spacial score (nSPS) is 10.5. The fourth-order valence-corrected chi connectivity index (χ4v) is 2.20. The van der Waals surface area contributed by atoms with Crippen LogP contribution in [0.15, 0.2) is 45.4 Å². The number of nitrogens with zero attached hydrogens (tertiary/aromatic N) is 2. The number of hydrogen-bond acceptors (Lipinski definition) is 7. The monoisotopic (exact) mass is 341 g/mol. The van der Waals surface area contributed by atoms with E-state index in [-0.39, 0.29) is 11.4 Å². The Kier molecular flexibility index (Phi) is 4.60. The minimum atomic E-state index is -0.693. The van der Waals surface area contributed by atoms with Crippen molar-refractivity contribution < 1.29 is 23.4 Å². The Morgan fingerprint density at radius 2 is 1.88 bits per heavy atom. The van der Waals surface area contributed by atoms with Crippen molar-refractivity contribution in [2.75, 3.05) is 11.9 Å². The van der Waals surface area contributed by atoms with Gasteiger partial charge in [0, 0.05) is 11.6 Å². The zero-order valence-corrected chi connectivity index (χ0v) is 13.6. The Labute approximate surface area is 142 Å². The summed E-state index contributed by atoms with van der Waals surface area (Å²) in [6, 6.07) is 10.6. The molecule has 8 heteroatoms. The lowest BCUT2D eigenvalue weighted by Crippen LogP contribution is -2.21. The summed E-state index contributed by atoms with van der Waals surface area (Å²) in [5, 5.41) is 9.99. The van der Waals surface area contributed by atoms with Gasteiger partial charge < -0.3 is 13.8 Å². The zero-order chi connectivity index (χ0) is 17.8. The van der Waals surface area contributed by atoms with Gasteiger partial charge in [0.25, 0.3) is 5.91 Å². The van der Waals surface area contributed by atoms with E-state index in [1.807, 2.05) is 18.2 Å². The van der Waals surface area contributed by atoms with Crippen LogP contribution >= 0.6 is 0 Å². The van der Waals surface area contributed by atoms with Gasteiger partial charge in [0.2, 0.25) is 5.88 Å². The van der Waals surface area contributed by atoms with Crippen molar-refractivity contribution in [2.24, 2.45) is 0 Å². The molecule has 128 valence electrons. The Morgan fingerprint density at radius 3 is 2.56 bits per heavy atom. The summed E-state index contributed by atoms with van der Waals surface area (Å²) in [6.07, 6.45) is 0. The molecule has 0 atom stereocenters. The average Bonchev–Trinajstić information content (AvgIpc) is 3.19. The van der Waals surface area contributed by atoms with Crippen LogP contribution in [0.2, 0.25) is 0 Å². The van der Waals surface area contributed by atoms with Gasteiger partial charge in [-0.25, -0.2) is 4.79 Å². The molecule has 1 N–H and O–H groups in total.